The predicted molar refractivity (Wildman–Crippen MR) is 122 cm³/mol. The van der Waals surface area contributed by atoms with E-state index < -0.39 is 5.97 Å². The lowest BCUT2D eigenvalue weighted by molar-refractivity contribution is 0.0734. The molecule has 6 nitrogen and oxygen atoms in total. The van der Waals surface area contributed by atoms with E-state index >= 15 is 0 Å². The molecule has 3 aromatic rings. The molecule has 5 rings (SSSR count). The minimum Gasteiger partial charge on any atom is -0.458 e. The average Bonchev–Trinajstić information content (AvgIpc) is 3.74. The van der Waals surface area contributed by atoms with Crippen LogP contribution in [0.3, 0.4) is 0 Å². The summed E-state index contributed by atoms with van der Waals surface area (Å²) >= 11 is 0. The molecule has 2 aliphatic rings. The summed E-state index contributed by atoms with van der Waals surface area (Å²) in [6, 6.07) is 20.7. The molecule has 0 radical (unpaired) electrons. The van der Waals surface area contributed by atoms with Gasteiger partial charge in [0.15, 0.2) is 0 Å². The average molecular weight is 446 g/mol. The molecule has 0 amide bonds. The number of carbonyl (C=O) groups is 1. The van der Waals surface area contributed by atoms with Gasteiger partial charge in [0.25, 0.3) is 0 Å². The second-order valence-corrected chi connectivity index (χ2v) is 8.38. The second kappa shape index (κ2) is 9.65. The quantitative estimate of drug-likeness (QED) is 0.198. The third-order valence-corrected chi connectivity index (χ3v) is 5.64. The van der Waals surface area contributed by atoms with Crippen molar-refractivity contribution in [1.82, 2.24) is 0 Å². The Bertz CT molecular complexity index is 1100. The van der Waals surface area contributed by atoms with E-state index in [0.29, 0.717) is 29.3 Å². The number of aryl methyl sites for hydroxylation is 1. The normalized spacial score (nSPS) is 18.5. The molecule has 2 fully saturated rings. The van der Waals surface area contributed by atoms with Gasteiger partial charge < -0.3 is 23.7 Å². The highest BCUT2D eigenvalue weighted by molar-refractivity contribution is 5.91. The molecule has 0 bridgehead atoms. The van der Waals surface area contributed by atoms with Gasteiger partial charge in [-0.05, 0) is 66.1 Å². The fourth-order valence-electron chi connectivity index (χ4n) is 3.57. The van der Waals surface area contributed by atoms with Crippen LogP contribution in [0.25, 0.3) is 0 Å². The third kappa shape index (κ3) is 6.12. The zero-order valence-corrected chi connectivity index (χ0v) is 18.5. The molecule has 0 N–H and O–H groups in total. The maximum atomic E-state index is 12.5. The zero-order chi connectivity index (χ0) is 22.6. The first-order valence-corrected chi connectivity index (χ1v) is 11.1. The van der Waals surface area contributed by atoms with Crippen LogP contribution >= 0.6 is 0 Å². The number of carbonyl (C=O) groups excluding carboxylic acids is 1. The van der Waals surface area contributed by atoms with E-state index in [0.717, 1.165) is 42.9 Å². The molecule has 3 aromatic carbocycles. The van der Waals surface area contributed by atoms with Crippen LogP contribution in [0.15, 0.2) is 66.7 Å². The highest BCUT2D eigenvalue weighted by Crippen LogP contribution is 2.25. The predicted octanol–water partition coefficient (Wildman–Crippen LogP) is 4.51. The Morgan fingerprint density at radius 3 is 1.97 bits per heavy atom. The topological polar surface area (TPSA) is 69.8 Å². The molecule has 33 heavy (non-hydrogen) atoms. The minimum atomic E-state index is -0.391. The van der Waals surface area contributed by atoms with Gasteiger partial charge in [0.05, 0.1) is 31.0 Å². The summed E-state index contributed by atoms with van der Waals surface area (Å²) in [5.74, 6) is 1.49. The van der Waals surface area contributed by atoms with Crippen LogP contribution in [0.1, 0.15) is 27.0 Å². The first-order valence-electron chi connectivity index (χ1n) is 11.1. The van der Waals surface area contributed by atoms with Crippen molar-refractivity contribution in [3.8, 4) is 17.2 Å². The molecule has 2 atom stereocenters. The number of epoxide rings is 2. The number of rotatable bonds is 10. The first kappa shape index (κ1) is 21.5. The summed E-state index contributed by atoms with van der Waals surface area (Å²) in [6.07, 6.45) is 2.51. The van der Waals surface area contributed by atoms with E-state index in [9.17, 15) is 4.79 Å². The van der Waals surface area contributed by atoms with E-state index in [-0.39, 0.29) is 6.79 Å². The molecule has 0 saturated carbocycles. The SMILES string of the molecule is Cc1cc(OC(=O)c2ccc(CC3CO3)cc2)ccc1OCOc1ccc(CC2CO2)cc1. The van der Waals surface area contributed by atoms with Gasteiger partial charge in [0.1, 0.15) is 17.2 Å². The van der Waals surface area contributed by atoms with Crippen molar-refractivity contribution in [2.45, 2.75) is 32.0 Å². The van der Waals surface area contributed by atoms with Gasteiger partial charge in [0, 0.05) is 12.8 Å². The zero-order valence-electron chi connectivity index (χ0n) is 18.5. The molecule has 2 aliphatic heterocycles. The number of ether oxygens (including phenoxy) is 5. The summed E-state index contributed by atoms with van der Waals surface area (Å²) in [5.41, 5.74) is 3.74. The lowest BCUT2D eigenvalue weighted by Crippen LogP contribution is -2.09. The monoisotopic (exact) mass is 446 g/mol. The number of benzene rings is 3. The second-order valence-electron chi connectivity index (χ2n) is 8.38. The van der Waals surface area contributed by atoms with E-state index in [2.05, 4.69) is 0 Å². The van der Waals surface area contributed by atoms with Crippen LogP contribution in [0.2, 0.25) is 0 Å². The van der Waals surface area contributed by atoms with Gasteiger partial charge in [-0.25, -0.2) is 4.79 Å². The van der Waals surface area contributed by atoms with E-state index in [1.165, 1.54) is 5.56 Å². The highest BCUT2D eigenvalue weighted by Gasteiger charge is 2.23. The van der Waals surface area contributed by atoms with Gasteiger partial charge in [-0.15, -0.1) is 0 Å². The molecule has 2 saturated heterocycles. The van der Waals surface area contributed by atoms with Gasteiger partial charge in [0.2, 0.25) is 6.79 Å². The van der Waals surface area contributed by atoms with Gasteiger partial charge in [-0.1, -0.05) is 24.3 Å². The Balaban J connectivity index is 1.10. The molecule has 0 aliphatic carbocycles. The lowest BCUT2D eigenvalue weighted by atomic mass is 10.1. The Morgan fingerprint density at radius 2 is 1.39 bits per heavy atom. The number of hydrogen-bond donors (Lipinski definition) is 0. The van der Waals surface area contributed by atoms with Crippen molar-refractivity contribution in [3.63, 3.8) is 0 Å². The van der Waals surface area contributed by atoms with Crippen molar-refractivity contribution in [1.29, 1.82) is 0 Å². The number of hydrogen-bond acceptors (Lipinski definition) is 6. The van der Waals surface area contributed by atoms with E-state index in [1.54, 1.807) is 30.3 Å². The first-order chi connectivity index (χ1) is 16.1. The molecule has 170 valence electrons. The molecular weight excluding hydrogens is 420 g/mol. The van der Waals surface area contributed by atoms with Crippen molar-refractivity contribution in [3.05, 3.63) is 89.0 Å². The Hall–Kier alpha value is -3.35. The van der Waals surface area contributed by atoms with Crippen LogP contribution in [-0.2, 0) is 22.3 Å². The Labute approximate surface area is 193 Å². The van der Waals surface area contributed by atoms with Crippen molar-refractivity contribution in [2.75, 3.05) is 20.0 Å². The van der Waals surface area contributed by atoms with Crippen LogP contribution in [0.5, 0.6) is 17.2 Å². The maximum absolute atomic E-state index is 12.5. The summed E-state index contributed by atoms with van der Waals surface area (Å²) in [4.78, 5) is 12.5. The van der Waals surface area contributed by atoms with Crippen LogP contribution in [0.4, 0.5) is 0 Å². The fourth-order valence-corrected chi connectivity index (χ4v) is 3.57. The third-order valence-electron chi connectivity index (χ3n) is 5.64. The lowest BCUT2D eigenvalue weighted by Gasteiger charge is -2.12. The molecule has 6 heteroatoms. The van der Waals surface area contributed by atoms with Crippen molar-refractivity contribution < 1.29 is 28.5 Å². The molecule has 2 heterocycles. The van der Waals surface area contributed by atoms with Gasteiger partial charge in [-0.3, -0.25) is 0 Å². The van der Waals surface area contributed by atoms with Crippen molar-refractivity contribution in [2.24, 2.45) is 0 Å². The van der Waals surface area contributed by atoms with Crippen LogP contribution in [0, 0.1) is 6.92 Å². The van der Waals surface area contributed by atoms with Gasteiger partial charge >= 0.3 is 5.97 Å². The van der Waals surface area contributed by atoms with E-state index in [4.69, 9.17) is 23.7 Å². The van der Waals surface area contributed by atoms with Crippen LogP contribution in [-0.4, -0.2) is 38.2 Å². The summed E-state index contributed by atoms with van der Waals surface area (Å²) in [7, 11) is 0. The smallest absolute Gasteiger partial charge is 0.343 e. The van der Waals surface area contributed by atoms with Gasteiger partial charge in [-0.2, -0.15) is 0 Å². The Kier molecular flexibility index (Phi) is 6.28. The number of esters is 1. The molecule has 0 aromatic heterocycles. The van der Waals surface area contributed by atoms with Crippen LogP contribution < -0.4 is 14.2 Å². The summed E-state index contributed by atoms with van der Waals surface area (Å²) < 4.78 is 27.5. The molecule has 0 spiro atoms. The minimum absolute atomic E-state index is 0.0866. The maximum Gasteiger partial charge on any atom is 0.343 e. The Morgan fingerprint density at radius 1 is 0.818 bits per heavy atom. The standard InChI is InChI=1S/C27H26O6/c1-18-12-23(33-27(28)21-6-2-19(3-7-21)13-24-15-29-24)10-11-26(18)32-17-31-22-8-4-20(5-9-22)14-25-16-30-25/h2-12,24-25H,13-17H2,1H3. The summed E-state index contributed by atoms with van der Waals surface area (Å²) in [6.45, 7) is 3.66. The summed E-state index contributed by atoms with van der Waals surface area (Å²) in [5, 5.41) is 0. The fraction of sp³-hybridized carbons (Fsp3) is 0.296. The highest BCUT2D eigenvalue weighted by atomic mass is 16.7. The van der Waals surface area contributed by atoms with Crippen molar-refractivity contribution >= 4 is 5.97 Å². The molecular formula is C27H26O6. The largest absolute Gasteiger partial charge is 0.458 e. The molecule has 2 unspecified atom stereocenters. The van der Waals surface area contributed by atoms with E-state index in [1.807, 2.05) is 43.3 Å².